The quantitative estimate of drug-likeness (QED) is 0.695. The van der Waals surface area contributed by atoms with Gasteiger partial charge < -0.3 is 9.47 Å². The molecule has 1 heterocycles. The smallest absolute Gasteiger partial charge is 0.413 e. The van der Waals surface area contributed by atoms with Crippen molar-refractivity contribution in [1.82, 2.24) is 4.90 Å². The second-order valence-electron chi connectivity index (χ2n) is 3.02. The molecule has 0 aromatic heterocycles. The van der Waals surface area contributed by atoms with Crippen molar-refractivity contribution in [2.24, 2.45) is 0 Å². The van der Waals surface area contributed by atoms with Crippen molar-refractivity contribution in [3.05, 3.63) is 12.3 Å². The van der Waals surface area contributed by atoms with Crippen molar-refractivity contribution in [2.45, 2.75) is 26.4 Å². The molecule has 0 spiro atoms. The minimum absolute atomic E-state index is 0.144. The predicted octanol–water partition coefficient (Wildman–Crippen LogP) is 1.77. The van der Waals surface area contributed by atoms with Gasteiger partial charge in [-0.25, -0.2) is 4.79 Å². The lowest BCUT2D eigenvalue weighted by Crippen LogP contribution is -2.33. The molecule has 0 fully saturated rings. The predicted molar refractivity (Wildman–Crippen MR) is 52.9 cm³/mol. The zero-order valence-corrected chi connectivity index (χ0v) is 8.73. The standard InChI is InChI=1S/C10H17NO3/c1-3-13-9-5-7-11(8-6-9)10(12)14-4-2/h5,7,9H,3-4,6,8H2,1-2H3. The van der Waals surface area contributed by atoms with Crippen LogP contribution < -0.4 is 0 Å². The normalized spacial score (nSPS) is 21.0. The molecule has 0 N–H and O–H groups in total. The van der Waals surface area contributed by atoms with Crippen LogP contribution in [0.4, 0.5) is 4.79 Å². The van der Waals surface area contributed by atoms with Crippen LogP contribution in [0.5, 0.6) is 0 Å². The molecule has 4 nitrogen and oxygen atoms in total. The average Bonchev–Trinajstić information content (AvgIpc) is 2.20. The van der Waals surface area contributed by atoms with Gasteiger partial charge in [0.2, 0.25) is 0 Å². The van der Waals surface area contributed by atoms with Gasteiger partial charge in [0.05, 0.1) is 12.7 Å². The van der Waals surface area contributed by atoms with Crippen molar-refractivity contribution >= 4 is 6.09 Å². The van der Waals surface area contributed by atoms with Crippen LogP contribution in [0.1, 0.15) is 20.3 Å². The van der Waals surface area contributed by atoms with Crippen molar-refractivity contribution in [2.75, 3.05) is 19.8 Å². The lowest BCUT2D eigenvalue weighted by atomic mass is 10.2. The fourth-order valence-electron chi connectivity index (χ4n) is 1.35. The van der Waals surface area contributed by atoms with E-state index < -0.39 is 0 Å². The van der Waals surface area contributed by atoms with Crippen LogP contribution in [0.2, 0.25) is 0 Å². The number of hydrogen-bond acceptors (Lipinski definition) is 3. The summed E-state index contributed by atoms with van der Waals surface area (Å²) in [4.78, 5) is 12.8. The Morgan fingerprint density at radius 3 is 2.79 bits per heavy atom. The number of nitrogens with zero attached hydrogens (tertiary/aromatic N) is 1. The Morgan fingerprint density at radius 1 is 1.50 bits per heavy atom. The average molecular weight is 199 g/mol. The zero-order valence-electron chi connectivity index (χ0n) is 8.73. The lowest BCUT2D eigenvalue weighted by Gasteiger charge is -2.25. The van der Waals surface area contributed by atoms with Crippen molar-refractivity contribution in [1.29, 1.82) is 0 Å². The molecule has 0 aromatic rings. The Bertz CT molecular complexity index is 215. The number of hydrogen-bond donors (Lipinski definition) is 0. The fourth-order valence-corrected chi connectivity index (χ4v) is 1.35. The Kier molecular flexibility index (Phi) is 4.46. The maximum absolute atomic E-state index is 11.3. The molecule has 1 aliphatic heterocycles. The number of rotatable bonds is 3. The van der Waals surface area contributed by atoms with Crippen molar-refractivity contribution < 1.29 is 14.3 Å². The first-order valence-electron chi connectivity index (χ1n) is 5.01. The largest absolute Gasteiger partial charge is 0.449 e. The van der Waals surface area contributed by atoms with E-state index in [0.717, 1.165) is 6.42 Å². The maximum Gasteiger partial charge on any atom is 0.413 e. The first-order valence-corrected chi connectivity index (χ1v) is 5.01. The molecule has 4 heteroatoms. The maximum atomic E-state index is 11.3. The monoisotopic (exact) mass is 199 g/mol. The summed E-state index contributed by atoms with van der Waals surface area (Å²) in [5, 5.41) is 0. The van der Waals surface area contributed by atoms with E-state index in [9.17, 15) is 4.79 Å². The van der Waals surface area contributed by atoms with Crippen LogP contribution in [0.25, 0.3) is 0 Å². The first-order chi connectivity index (χ1) is 6.77. The van der Waals surface area contributed by atoms with Gasteiger partial charge >= 0.3 is 6.09 Å². The van der Waals surface area contributed by atoms with E-state index in [1.54, 1.807) is 18.0 Å². The Labute approximate surface area is 84.5 Å². The molecule has 1 unspecified atom stereocenters. The second-order valence-corrected chi connectivity index (χ2v) is 3.02. The molecular weight excluding hydrogens is 182 g/mol. The highest BCUT2D eigenvalue weighted by Gasteiger charge is 2.18. The summed E-state index contributed by atoms with van der Waals surface area (Å²) in [6, 6.07) is 0. The van der Waals surface area contributed by atoms with Gasteiger partial charge in [-0.1, -0.05) is 0 Å². The van der Waals surface area contributed by atoms with Gasteiger partial charge in [0.1, 0.15) is 0 Å². The van der Waals surface area contributed by atoms with Gasteiger partial charge in [0.15, 0.2) is 0 Å². The zero-order chi connectivity index (χ0) is 10.4. The molecule has 1 atom stereocenters. The highest BCUT2D eigenvalue weighted by atomic mass is 16.6. The molecule has 0 saturated carbocycles. The third-order valence-electron chi connectivity index (χ3n) is 2.02. The van der Waals surface area contributed by atoms with Gasteiger partial charge in [0.25, 0.3) is 0 Å². The van der Waals surface area contributed by atoms with Gasteiger partial charge in [-0.3, -0.25) is 4.90 Å². The van der Waals surface area contributed by atoms with E-state index in [1.165, 1.54) is 0 Å². The minimum atomic E-state index is -0.279. The summed E-state index contributed by atoms with van der Waals surface area (Å²) in [5.41, 5.74) is 0. The molecule has 0 aromatic carbocycles. The molecule has 14 heavy (non-hydrogen) atoms. The summed E-state index contributed by atoms with van der Waals surface area (Å²) < 4.78 is 10.3. The van der Waals surface area contributed by atoms with Crippen LogP contribution in [-0.2, 0) is 9.47 Å². The lowest BCUT2D eigenvalue weighted by molar-refractivity contribution is 0.0697. The first kappa shape index (κ1) is 11.0. The molecule has 0 bridgehead atoms. The number of carbonyl (C=O) groups is 1. The molecule has 0 saturated heterocycles. The van der Waals surface area contributed by atoms with E-state index in [4.69, 9.17) is 9.47 Å². The van der Waals surface area contributed by atoms with Gasteiger partial charge in [0, 0.05) is 19.4 Å². The summed E-state index contributed by atoms with van der Waals surface area (Å²) in [7, 11) is 0. The highest BCUT2D eigenvalue weighted by Crippen LogP contribution is 2.11. The third kappa shape index (κ3) is 3.03. The highest BCUT2D eigenvalue weighted by molar-refractivity contribution is 5.69. The Balaban J connectivity index is 2.39. The molecule has 1 aliphatic rings. The van der Waals surface area contributed by atoms with Crippen LogP contribution >= 0.6 is 0 Å². The summed E-state index contributed by atoms with van der Waals surface area (Å²) in [5.74, 6) is 0. The summed E-state index contributed by atoms with van der Waals surface area (Å²) >= 11 is 0. The summed E-state index contributed by atoms with van der Waals surface area (Å²) in [6.45, 7) is 5.55. The molecule has 1 amide bonds. The van der Waals surface area contributed by atoms with E-state index in [0.29, 0.717) is 19.8 Å². The third-order valence-corrected chi connectivity index (χ3v) is 2.02. The molecular formula is C10H17NO3. The van der Waals surface area contributed by atoms with E-state index in [2.05, 4.69) is 0 Å². The minimum Gasteiger partial charge on any atom is -0.449 e. The van der Waals surface area contributed by atoms with Gasteiger partial charge in [-0.05, 0) is 26.3 Å². The van der Waals surface area contributed by atoms with Gasteiger partial charge in [-0.15, -0.1) is 0 Å². The molecule has 80 valence electrons. The van der Waals surface area contributed by atoms with Crippen LogP contribution in [0.3, 0.4) is 0 Å². The van der Waals surface area contributed by atoms with Crippen LogP contribution in [0, 0.1) is 0 Å². The van der Waals surface area contributed by atoms with Crippen molar-refractivity contribution in [3.63, 3.8) is 0 Å². The number of carbonyl (C=O) groups excluding carboxylic acids is 1. The molecule has 0 aliphatic carbocycles. The van der Waals surface area contributed by atoms with Crippen molar-refractivity contribution in [3.8, 4) is 0 Å². The van der Waals surface area contributed by atoms with E-state index in [1.807, 2.05) is 13.0 Å². The fraction of sp³-hybridized carbons (Fsp3) is 0.700. The van der Waals surface area contributed by atoms with E-state index >= 15 is 0 Å². The Morgan fingerprint density at radius 2 is 2.29 bits per heavy atom. The SMILES string of the molecule is CCOC(=O)N1C=CC(OCC)CC1. The molecule has 1 rings (SSSR count). The van der Waals surface area contributed by atoms with Crippen LogP contribution in [-0.4, -0.2) is 36.9 Å². The van der Waals surface area contributed by atoms with Crippen LogP contribution in [0.15, 0.2) is 12.3 Å². The topological polar surface area (TPSA) is 38.8 Å². The Hall–Kier alpha value is -1.03. The number of amides is 1. The summed E-state index contributed by atoms with van der Waals surface area (Å²) in [6.07, 6.45) is 4.33. The molecule has 0 radical (unpaired) electrons. The van der Waals surface area contributed by atoms with E-state index in [-0.39, 0.29) is 12.2 Å². The second kappa shape index (κ2) is 5.65. The van der Waals surface area contributed by atoms with Gasteiger partial charge in [-0.2, -0.15) is 0 Å². The number of ether oxygens (including phenoxy) is 2.